The molecular weight excluding hydrogens is 294 g/mol. The smallest absolute Gasteiger partial charge is 0.264 e. The highest BCUT2D eigenvalue weighted by molar-refractivity contribution is 7.12. The van der Waals surface area contributed by atoms with Crippen molar-refractivity contribution in [2.75, 3.05) is 14.2 Å². The van der Waals surface area contributed by atoms with Crippen LogP contribution in [0, 0.1) is 6.92 Å². The quantitative estimate of drug-likeness (QED) is 0.854. The number of rotatable bonds is 4. The van der Waals surface area contributed by atoms with Crippen molar-refractivity contribution in [1.82, 2.24) is 4.90 Å². The average molecular weight is 310 g/mol. The standard InChI is InChI=1S/C15H16ClNO2S/c1-10-6-7-20-14(10)15(18)17(2)9-11-8-12(16)4-5-13(11)19-3/h4-8H,9H2,1-3H3. The van der Waals surface area contributed by atoms with E-state index in [1.54, 1.807) is 25.1 Å². The molecule has 0 aliphatic carbocycles. The first-order valence-electron chi connectivity index (χ1n) is 6.15. The number of methoxy groups -OCH3 is 1. The van der Waals surface area contributed by atoms with Gasteiger partial charge in [-0.15, -0.1) is 11.3 Å². The Morgan fingerprint density at radius 3 is 2.75 bits per heavy atom. The number of hydrogen-bond donors (Lipinski definition) is 0. The van der Waals surface area contributed by atoms with Gasteiger partial charge in [0.05, 0.1) is 12.0 Å². The molecule has 1 amide bonds. The first-order valence-corrected chi connectivity index (χ1v) is 7.40. The summed E-state index contributed by atoms with van der Waals surface area (Å²) in [7, 11) is 3.39. The lowest BCUT2D eigenvalue weighted by Crippen LogP contribution is -2.26. The number of benzene rings is 1. The second-order valence-corrected chi connectivity index (χ2v) is 5.90. The molecule has 0 aliphatic heterocycles. The minimum atomic E-state index is 0.0135. The maximum Gasteiger partial charge on any atom is 0.264 e. The highest BCUT2D eigenvalue weighted by Gasteiger charge is 2.17. The minimum absolute atomic E-state index is 0.0135. The zero-order valence-corrected chi connectivity index (χ0v) is 13.2. The van der Waals surface area contributed by atoms with Gasteiger partial charge in [0.1, 0.15) is 5.75 Å². The maximum absolute atomic E-state index is 12.4. The van der Waals surface area contributed by atoms with E-state index >= 15 is 0 Å². The molecule has 2 aromatic rings. The fraction of sp³-hybridized carbons (Fsp3) is 0.267. The molecule has 5 heteroatoms. The van der Waals surface area contributed by atoms with Gasteiger partial charge in [0, 0.05) is 24.2 Å². The van der Waals surface area contributed by atoms with Crippen LogP contribution >= 0.6 is 22.9 Å². The summed E-state index contributed by atoms with van der Waals surface area (Å²) in [6.45, 7) is 2.40. The van der Waals surface area contributed by atoms with Crippen molar-refractivity contribution < 1.29 is 9.53 Å². The fourth-order valence-electron chi connectivity index (χ4n) is 1.96. The topological polar surface area (TPSA) is 29.5 Å². The Hall–Kier alpha value is -1.52. The van der Waals surface area contributed by atoms with E-state index in [1.165, 1.54) is 11.3 Å². The van der Waals surface area contributed by atoms with Crippen LogP contribution in [0.25, 0.3) is 0 Å². The molecule has 1 aromatic carbocycles. The number of thiophene rings is 1. The van der Waals surface area contributed by atoms with E-state index in [2.05, 4.69) is 0 Å². The lowest BCUT2D eigenvalue weighted by molar-refractivity contribution is 0.0788. The van der Waals surface area contributed by atoms with E-state index in [4.69, 9.17) is 16.3 Å². The van der Waals surface area contributed by atoms with Crippen LogP contribution in [0.3, 0.4) is 0 Å². The third kappa shape index (κ3) is 3.14. The summed E-state index contributed by atoms with van der Waals surface area (Å²) in [4.78, 5) is 14.8. The summed E-state index contributed by atoms with van der Waals surface area (Å²) in [5, 5.41) is 2.56. The van der Waals surface area contributed by atoms with Crippen LogP contribution in [-0.2, 0) is 6.54 Å². The summed E-state index contributed by atoms with van der Waals surface area (Å²) >= 11 is 7.47. The minimum Gasteiger partial charge on any atom is -0.496 e. The van der Waals surface area contributed by atoms with Gasteiger partial charge >= 0.3 is 0 Å². The first kappa shape index (κ1) is 14.9. The van der Waals surface area contributed by atoms with Gasteiger partial charge < -0.3 is 9.64 Å². The molecule has 0 atom stereocenters. The van der Waals surface area contributed by atoms with E-state index in [-0.39, 0.29) is 5.91 Å². The summed E-state index contributed by atoms with van der Waals surface area (Å²) in [6.07, 6.45) is 0. The predicted octanol–water partition coefficient (Wildman–Crippen LogP) is 3.99. The Labute approximate surface area is 127 Å². The summed E-state index contributed by atoms with van der Waals surface area (Å²) in [5.41, 5.74) is 1.90. The largest absolute Gasteiger partial charge is 0.496 e. The van der Waals surface area contributed by atoms with Gasteiger partial charge in [-0.2, -0.15) is 0 Å². The summed E-state index contributed by atoms with van der Waals surface area (Å²) < 4.78 is 5.30. The van der Waals surface area contributed by atoms with Crippen LogP contribution in [0.15, 0.2) is 29.6 Å². The van der Waals surface area contributed by atoms with E-state index in [1.807, 2.05) is 30.5 Å². The Kier molecular flexibility index (Phi) is 4.68. The molecule has 0 N–H and O–H groups in total. The number of carbonyl (C=O) groups excluding carboxylic acids is 1. The van der Waals surface area contributed by atoms with Crippen LogP contribution in [0.1, 0.15) is 20.8 Å². The van der Waals surface area contributed by atoms with E-state index < -0.39 is 0 Å². The van der Waals surface area contributed by atoms with Gasteiger partial charge in [-0.3, -0.25) is 4.79 Å². The lowest BCUT2D eigenvalue weighted by atomic mass is 10.2. The number of halogens is 1. The normalized spacial score (nSPS) is 10.4. The number of amides is 1. The predicted molar refractivity (Wildman–Crippen MR) is 82.9 cm³/mol. The highest BCUT2D eigenvalue weighted by atomic mass is 35.5. The van der Waals surface area contributed by atoms with Crippen molar-refractivity contribution >= 4 is 28.8 Å². The molecule has 106 valence electrons. The Morgan fingerprint density at radius 1 is 1.40 bits per heavy atom. The lowest BCUT2D eigenvalue weighted by Gasteiger charge is -2.19. The van der Waals surface area contributed by atoms with Crippen LogP contribution < -0.4 is 4.74 Å². The molecule has 0 bridgehead atoms. The number of hydrogen-bond acceptors (Lipinski definition) is 3. The number of aryl methyl sites for hydroxylation is 1. The van der Waals surface area contributed by atoms with E-state index in [9.17, 15) is 4.79 Å². The Morgan fingerprint density at radius 2 is 2.15 bits per heavy atom. The molecule has 0 unspecified atom stereocenters. The molecule has 3 nitrogen and oxygen atoms in total. The zero-order valence-electron chi connectivity index (χ0n) is 11.6. The van der Waals surface area contributed by atoms with Crippen LogP contribution in [0.5, 0.6) is 5.75 Å². The molecule has 2 rings (SSSR count). The molecule has 0 radical (unpaired) electrons. The highest BCUT2D eigenvalue weighted by Crippen LogP contribution is 2.25. The van der Waals surface area contributed by atoms with Gasteiger partial charge in [0.2, 0.25) is 0 Å². The molecular formula is C15H16ClNO2S. The first-order chi connectivity index (χ1) is 9.52. The molecule has 0 spiro atoms. The zero-order chi connectivity index (χ0) is 14.7. The SMILES string of the molecule is COc1ccc(Cl)cc1CN(C)C(=O)c1sccc1C. The number of ether oxygens (including phenoxy) is 1. The maximum atomic E-state index is 12.4. The van der Waals surface area contributed by atoms with Crippen LogP contribution in [0.2, 0.25) is 5.02 Å². The molecule has 0 aliphatic rings. The van der Waals surface area contributed by atoms with Crippen molar-refractivity contribution in [2.24, 2.45) is 0 Å². The number of carbonyl (C=O) groups is 1. The molecule has 1 heterocycles. The monoisotopic (exact) mass is 309 g/mol. The van der Waals surface area contributed by atoms with Crippen molar-refractivity contribution in [3.63, 3.8) is 0 Å². The second-order valence-electron chi connectivity index (χ2n) is 4.55. The van der Waals surface area contributed by atoms with E-state index in [0.29, 0.717) is 11.6 Å². The average Bonchev–Trinajstić information content (AvgIpc) is 2.84. The van der Waals surface area contributed by atoms with Gasteiger partial charge in [-0.1, -0.05) is 11.6 Å². The van der Waals surface area contributed by atoms with Gasteiger partial charge in [0.25, 0.3) is 5.91 Å². The van der Waals surface area contributed by atoms with Crippen molar-refractivity contribution in [3.05, 3.63) is 50.7 Å². The second kappa shape index (κ2) is 6.29. The van der Waals surface area contributed by atoms with Crippen molar-refractivity contribution in [3.8, 4) is 5.75 Å². The van der Waals surface area contributed by atoms with Crippen LogP contribution in [-0.4, -0.2) is 25.0 Å². The third-order valence-corrected chi connectivity index (χ3v) is 4.29. The van der Waals surface area contributed by atoms with Crippen LogP contribution in [0.4, 0.5) is 0 Å². The summed E-state index contributed by atoms with van der Waals surface area (Å²) in [6, 6.07) is 7.36. The molecule has 0 saturated heterocycles. The molecule has 20 heavy (non-hydrogen) atoms. The van der Waals surface area contributed by atoms with Crippen molar-refractivity contribution in [2.45, 2.75) is 13.5 Å². The molecule has 0 saturated carbocycles. The Balaban J connectivity index is 2.20. The summed E-state index contributed by atoms with van der Waals surface area (Å²) in [5.74, 6) is 0.747. The Bertz CT molecular complexity index is 624. The fourth-order valence-corrected chi connectivity index (χ4v) is 3.08. The molecule has 0 fully saturated rings. The van der Waals surface area contributed by atoms with E-state index in [0.717, 1.165) is 21.8 Å². The third-order valence-electron chi connectivity index (χ3n) is 3.05. The van der Waals surface area contributed by atoms with Crippen molar-refractivity contribution in [1.29, 1.82) is 0 Å². The van der Waals surface area contributed by atoms with Gasteiger partial charge in [-0.05, 0) is 42.1 Å². The van der Waals surface area contributed by atoms with Gasteiger partial charge in [-0.25, -0.2) is 0 Å². The molecule has 1 aromatic heterocycles. The van der Waals surface area contributed by atoms with Gasteiger partial charge in [0.15, 0.2) is 0 Å². The number of nitrogens with zero attached hydrogens (tertiary/aromatic N) is 1.